The molecule has 3 aromatic rings. The van der Waals surface area contributed by atoms with Crippen LogP contribution in [0.25, 0.3) is 28.9 Å². The Morgan fingerprint density at radius 1 is 0.905 bits per heavy atom. The molecule has 2 aromatic carbocycles. The van der Waals surface area contributed by atoms with E-state index >= 15 is 0 Å². The van der Waals surface area contributed by atoms with Gasteiger partial charge in [0.05, 0.1) is 0 Å². The first kappa shape index (κ1) is 13.3. The smallest absolute Gasteiger partial charge is 0.258 e. The molecule has 0 fully saturated rings. The first-order valence-electron chi connectivity index (χ1n) is 6.90. The van der Waals surface area contributed by atoms with Gasteiger partial charge in [0.1, 0.15) is 0 Å². The summed E-state index contributed by atoms with van der Waals surface area (Å²) in [5.74, 6) is 1.15. The van der Waals surface area contributed by atoms with Gasteiger partial charge in [-0.3, -0.25) is 0 Å². The summed E-state index contributed by atoms with van der Waals surface area (Å²) in [7, 11) is 0. The molecule has 0 saturated carbocycles. The maximum Gasteiger partial charge on any atom is 0.258 e. The van der Waals surface area contributed by atoms with Crippen LogP contribution >= 0.6 is 0 Å². The van der Waals surface area contributed by atoms with Gasteiger partial charge >= 0.3 is 0 Å². The van der Waals surface area contributed by atoms with E-state index in [0.29, 0.717) is 11.7 Å². The number of aromatic nitrogens is 2. The maximum atomic E-state index is 5.36. The minimum Gasteiger partial charge on any atom is -0.334 e. The molecule has 3 rings (SSSR count). The molecule has 104 valence electrons. The summed E-state index contributed by atoms with van der Waals surface area (Å²) in [5.41, 5.74) is 4.25. The lowest BCUT2D eigenvalue weighted by atomic mass is 10.1. The molecule has 21 heavy (non-hydrogen) atoms. The van der Waals surface area contributed by atoms with Crippen LogP contribution in [0.1, 0.15) is 18.1 Å². The molecule has 0 radical (unpaired) electrons. The lowest BCUT2D eigenvalue weighted by Crippen LogP contribution is -1.82. The summed E-state index contributed by atoms with van der Waals surface area (Å²) in [4.78, 5) is 4.46. The largest absolute Gasteiger partial charge is 0.334 e. The fraction of sp³-hybridized carbons (Fsp3) is 0.111. The first-order valence-corrected chi connectivity index (χ1v) is 6.90. The van der Waals surface area contributed by atoms with E-state index in [1.165, 1.54) is 5.56 Å². The fourth-order valence-corrected chi connectivity index (χ4v) is 2.09. The molecule has 3 nitrogen and oxygen atoms in total. The highest BCUT2D eigenvalue weighted by molar-refractivity contribution is 5.62. The second-order valence-corrected chi connectivity index (χ2v) is 4.91. The molecule has 3 heteroatoms. The van der Waals surface area contributed by atoms with E-state index in [9.17, 15) is 0 Å². The van der Waals surface area contributed by atoms with E-state index in [0.717, 1.165) is 16.7 Å². The topological polar surface area (TPSA) is 38.9 Å². The van der Waals surface area contributed by atoms with Crippen molar-refractivity contribution in [1.82, 2.24) is 10.1 Å². The lowest BCUT2D eigenvalue weighted by Gasteiger charge is -1.96. The van der Waals surface area contributed by atoms with Gasteiger partial charge in [-0.2, -0.15) is 4.98 Å². The Balaban J connectivity index is 1.89. The zero-order valence-electron chi connectivity index (χ0n) is 12.1. The third kappa shape index (κ3) is 2.92. The molecule has 0 unspecified atom stereocenters. The summed E-state index contributed by atoms with van der Waals surface area (Å²) in [6.07, 6.45) is 4.06. The summed E-state index contributed by atoms with van der Waals surface area (Å²) >= 11 is 0. The fourth-order valence-electron chi connectivity index (χ4n) is 2.09. The van der Waals surface area contributed by atoms with Crippen LogP contribution in [-0.2, 0) is 0 Å². The van der Waals surface area contributed by atoms with Crippen molar-refractivity contribution < 1.29 is 4.52 Å². The summed E-state index contributed by atoms with van der Waals surface area (Å²) in [5, 5.41) is 4.05. The van der Waals surface area contributed by atoms with Gasteiger partial charge in [-0.25, -0.2) is 0 Å². The molecule has 0 aliphatic carbocycles. The standard InChI is InChI=1S/C18H16N2O/c1-3-4-14-7-11-16(12-8-14)18-19-17(20-21-18)15-9-5-13(2)6-10-15/h3-12H,1-2H3/b4-3+. The summed E-state index contributed by atoms with van der Waals surface area (Å²) in [6, 6.07) is 16.1. The molecule has 0 aliphatic heterocycles. The van der Waals surface area contributed by atoms with Crippen LogP contribution in [0.3, 0.4) is 0 Å². The van der Waals surface area contributed by atoms with Crippen LogP contribution in [-0.4, -0.2) is 10.1 Å². The van der Waals surface area contributed by atoms with Crippen molar-refractivity contribution in [3.63, 3.8) is 0 Å². The van der Waals surface area contributed by atoms with Crippen molar-refractivity contribution in [2.45, 2.75) is 13.8 Å². The Morgan fingerprint density at radius 2 is 1.57 bits per heavy atom. The van der Waals surface area contributed by atoms with E-state index in [4.69, 9.17) is 4.52 Å². The zero-order valence-corrected chi connectivity index (χ0v) is 12.1. The molecule has 0 spiro atoms. The Labute approximate surface area is 124 Å². The predicted molar refractivity (Wildman–Crippen MR) is 84.6 cm³/mol. The number of rotatable bonds is 3. The van der Waals surface area contributed by atoms with E-state index in [2.05, 4.69) is 23.1 Å². The van der Waals surface area contributed by atoms with Crippen molar-refractivity contribution >= 4 is 6.08 Å². The second kappa shape index (κ2) is 5.75. The molecular formula is C18H16N2O. The molecule has 0 atom stereocenters. The van der Waals surface area contributed by atoms with Gasteiger partial charge in [0.2, 0.25) is 5.82 Å². The number of hydrogen-bond acceptors (Lipinski definition) is 3. The first-order chi connectivity index (χ1) is 10.3. The number of allylic oxidation sites excluding steroid dienone is 1. The van der Waals surface area contributed by atoms with Crippen molar-refractivity contribution in [3.05, 3.63) is 65.7 Å². The molecule has 0 saturated heterocycles. The van der Waals surface area contributed by atoms with Gasteiger partial charge in [0, 0.05) is 11.1 Å². The van der Waals surface area contributed by atoms with Crippen molar-refractivity contribution in [2.75, 3.05) is 0 Å². The minimum absolute atomic E-state index is 0.539. The van der Waals surface area contributed by atoms with Gasteiger partial charge < -0.3 is 4.52 Å². The van der Waals surface area contributed by atoms with Crippen LogP contribution in [0.5, 0.6) is 0 Å². The molecule has 0 aliphatic rings. The van der Waals surface area contributed by atoms with E-state index in [-0.39, 0.29) is 0 Å². The van der Waals surface area contributed by atoms with Crippen molar-refractivity contribution in [2.24, 2.45) is 0 Å². The molecule has 0 N–H and O–H groups in total. The van der Waals surface area contributed by atoms with Gasteiger partial charge in [0.25, 0.3) is 5.89 Å². The van der Waals surface area contributed by atoms with Crippen molar-refractivity contribution in [1.29, 1.82) is 0 Å². The van der Waals surface area contributed by atoms with Crippen LogP contribution in [0.4, 0.5) is 0 Å². The molecule has 0 bridgehead atoms. The summed E-state index contributed by atoms with van der Waals surface area (Å²) < 4.78 is 5.36. The Morgan fingerprint density at radius 3 is 2.24 bits per heavy atom. The Kier molecular flexibility index (Phi) is 3.65. The van der Waals surface area contributed by atoms with Gasteiger partial charge in [0.15, 0.2) is 0 Å². The average molecular weight is 276 g/mol. The molecule has 1 aromatic heterocycles. The number of aryl methyl sites for hydroxylation is 1. The number of nitrogens with zero attached hydrogens (tertiary/aromatic N) is 2. The normalized spacial score (nSPS) is 11.1. The maximum absolute atomic E-state index is 5.36. The third-order valence-corrected chi connectivity index (χ3v) is 3.25. The van der Waals surface area contributed by atoms with Crippen LogP contribution in [0.2, 0.25) is 0 Å². The molecule has 0 amide bonds. The van der Waals surface area contributed by atoms with Gasteiger partial charge in [-0.05, 0) is 31.5 Å². The van der Waals surface area contributed by atoms with Crippen LogP contribution in [0.15, 0.2) is 59.1 Å². The highest BCUT2D eigenvalue weighted by atomic mass is 16.5. The Bertz CT molecular complexity index is 753. The van der Waals surface area contributed by atoms with Crippen LogP contribution < -0.4 is 0 Å². The van der Waals surface area contributed by atoms with E-state index in [1.807, 2.05) is 61.5 Å². The highest BCUT2D eigenvalue weighted by Crippen LogP contribution is 2.23. The number of benzene rings is 2. The molecular weight excluding hydrogens is 260 g/mol. The summed E-state index contributed by atoms with van der Waals surface area (Å²) in [6.45, 7) is 4.05. The second-order valence-electron chi connectivity index (χ2n) is 4.91. The van der Waals surface area contributed by atoms with Crippen LogP contribution in [0, 0.1) is 6.92 Å². The predicted octanol–water partition coefficient (Wildman–Crippen LogP) is 4.75. The van der Waals surface area contributed by atoms with Gasteiger partial charge in [-0.1, -0.05) is 59.3 Å². The zero-order chi connectivity index (χ0) is 14.7. The quantitative estimate of drug-likeness (QED) is 0.693. The third-order valence-electron chi connectivity index (χ3n) is 3.25. The van der Waals surface area contributed by atoms with E-state index in [1.54, 1.807) is 0 Å². The monoisotopic (exact) mass is 276 g/mol. The minimum atomic E-state index is 0.539. The average Bonchev–Trinajstić information content (AvgIpc) is 2.99. The lowest BCUT2D eigenvalue weighted by molar-refractivity contribution is 0.432. The van der Waals surface area contributed by atoms with Crippen molar-refractivity contribution in [3.8, 4) is 22.8 Å². The Hall–Kier alpha value is -2.68. The number of hydrogen-bond donors (Lipinski definition) is 0. The highest BCUT2D eigenvalue weighted by Gasteiger charge is 2.10. The SMILES string of the molecule is C/C=C/c1ccc(-c2nc(-c3ccc(C)cc3)no2)cc1. The molecule has 1 heterocycles. The van der Waals surface area contributed by atoms with Gasteiger partial charge in [-0.15, -0.1) is 0 Å². The van der Waals surface area contributed by atoms with E-state index < -0.39 is 0 Å².